The van der Waals surface area contributed by atoms with Crippen LogP contribution in [0.2, 0.25) is 0 Å². The highest BCUT2D eigenvalue weighted by Crippen LogP contribution is 2.23. The van der Waals surface area contributed by atoms with Crippen LogP contribution >= 0.6 is 0 Å². The molecule has 0 aliphatic heterocycles. The normalized spacial score (nSPS) is 11.1. The lowest BCUT2D eigenvalue weighted by Crippen LogP contribution is -2.16. The first kappa shape index (κ1) is 16.3. The number of likely N-dealkylation sites (N-methyl/N-ethyl adjacent to an activating group) is 1. The molecule has 124 valence electrons. The molecule has 0 saturated carbocycles. The Balaban J connectivity index is 1.84. The lowest BCUT2D eigenvalue weighted by molar-refractivity contribution is 0.306. The summed E-state index contributed by atoms with van der Waals surface area (Å²) in [5, 5.41) is 0.962. The van der Waals surface area contributed by atoms with Crippen LogP contribution in [0.5, 0.6) is 5.75 Å². The highest BCUT2D eigenvalue weighted by atomic mass is 16.5. The molecular weight excluding hydrogens is 302 g/mol. The van der Waals surface area contributed by atoms with Crippen molar-refractivity contribution in [1.29, 1.82) is 0 Å². The first-order valence-electron chi connectivity index (χ1n) is 8.00. The van der Waals surface area contributed by atoms with Gasteiger partial charge in [-0.2, -0.15) is 0 Å². The average Bonchev–Trinajstić information content (AvgIpc) is 2.58. The summed E-state index contributed by atoms with van der Waals surface area (Å²) in [6.07, 6.45) is 0.805. The van der Waals surface area contributed by atoms with Crippen molar-refractivity contribution in [2.45, 2.75) is 13.0 Å². The molecule has 0 fully saturated rings. The van der Waals surface area contributed by atoms with Crippen LogP contribution in [0.15, 0.2) is 63.8 Å². The summed E-state index contributed by atoms with van der Waals surface area (Å²) in [5.41, 5.74) is 2.35. The van der Waals surface area contributed by atoms with Crippen LogP contribution in [0, 0.1) is 0 Å². The Hall–Kier alpha value is -2.59. The second-order valence-electron chi connectivity index (χ2n) is 6.08. The number of hydrogen-bond donors (Lipinski definition) is 0. The smallest absolute Gasteiger partial charge is 0.336 e. The molecule has 24 heavy (non-hydrogen) atoms. The Morgan fingerprint density at radius 1 is 1.04 bits per heavy atom. The molecule has 4 heteroatoms. The van der Waals surface area contributed by atoms with Crippen LogP contribution in [-0.4, -0.2) is 25.5 Å². The van der Waals surface area contributed by atoms with E-state index in [1.54, 1.807) is 12.1 Å². The van der Waals surface area contributed by atoms with Gasteiger partial charge in [0.2, 0.25) is 0 Å². The Morgan fingerprint density at radius 2 is 1.83 bits per heavy atom. The summed E-state index contributed by atoms with van der Waals surface area (Å²) in [6, 6.07) is 17.2. The fourth-order valence-electron chi connectivity index (χ4n) is 2.59. The van der Waals surface area contributed by atoms with E-state index in [4.69, 9.17) is 9.15 Å². The lowest BCUT2D eigenvalue weighted by Gasteiger charge is -2.11. The van der Waals surface area contributed by atoms with Gasteiger partial charge in [-0.15, -0.1) is 0 Å². The van der Waals surface area contributed by atoms with Crippen molar-refractivity contribution < 1.29 is 9.15 Å². The van der Waals surface area contributed by atoms with E-state index in [0.717, 1.165) is 29.5 Å². The van der Waals surface area contributed by atoms with Gasteiger partial charge in [0, 0.05) is 24.1 Å². The summed E-state index contributed by atoms with van der Waals surface area (Å²) in [4.78, 5) is 13.9. The van der Waals surface area contributed by atoms with Crippen molar-refractivity contribution in [3.05, 3.63) is 76.1 Å². The van der Waals surface area contributed by atoms with E-state index in [-0.39, 0.29) is 5.63 Å². The second kappa shape index (κ2) is 7.32. The molecule has 0 spiro atoms. The minimum absolute atomic E-state index is 0.323. The molecule has 0 amide bonds. The molecular formula is C20H21NO3. The van der Waals surface area contributed by atoms with Gasteiger partial charge < -0.3 is 14.1 Å². The summed E-state index contributed by atoms with van der Waals surface area (Å²) in [6.45, 7) is 1.36. The van der Waals surface area contributed by atoms with Gasteiger partial charge in [0.1, 0.15) is 17.9 Å². The largest absolute Gasteiger partial charge is 0.489 e. The SMILES string of the molecule is CN(C)CCc1cc(=O)oc2cc(OCc3ccccc3)ccc12. The van der Waals surface area contributed by atoms with E-state index >= 15 is 0 Å². The molecule has 3 rings (SSSR count). The maximum atomic E-state index is 11.8. The molecule has 1 aromatic heterocycles. The summed E-state index contributed by atoms with van der Waals surface area (Å²) in [5.74, 6) is 0.694. The third-order valence-electron chi connectivity index (χ3n) is 3.88. The van der Waals surface area contributed by atoms with E-state index in [9.17, 15) is 4.79 Å². The second-order valence-corrected chi connectivity index (χ2v) is 6.08. The summed E-state index contributed by atoms with van der Waals surface area (Å²) >= 11 is 0. The van der Waals surface area contributed by atoms with Crippen LogP contribution in [0.4, 0.5) is 0 Å². The lowest BCUT2D eigenvalue weighted by atomic mass is 10.1. The van der Waals surface area contributed by atoms with Crippen molar-refractivity contribution in [3.8, 4) is 5.75 Å². The maximum Gasteiger partial charge on any atom is 0.336 e. The predicted octanol–water partition coefficient (Wildman–Crippen LogP) is 3.48. The van der Waals surface area contributed by atoms with Crippen LogP contribution < -0.4 is 10.4 Å². The van der Waals surface area contributed by atoms with Gasteiger partial charge in [0.05, 0.1) is 0 Å². The monoisotopic (exact) mass is 323 g/mol. The van der Waals surface area contributed by atoms with Crippen molar-refractivity contribution in [3.63, 3.8) is 0 Å². The van der Waals surface area contributed by atoms with Crippen molar-refractivity contribution in [2.24, 2.45) is 0 Å². The van der Waals surface area contributed by atoms with E-state index in [2.05, 4.69) is 4.90 Å². The molecule has 0 bridgehead atoms. The van der Waals surface area contributed by atoms with Gasteiger partial charge in [-0.05, 0) is 43.8 Å². The van der Waals surface area contributed by atoms with Gasteiger partial charge in [-0.1, -0.05) is 30.3 Å². The molecule has 0 saturated heterocycles. The first-order valence-corrected chi connectivity index (χ1v) is 8.00. The highest BCUT2D eigenvalue weighted by molar-refractivity contribution is 5.81. The maximum absolute atomic E-state index is 11.8. The van der Waals surface area contributed by atoms with Gasteiger partial charge in [0.25, 0.3) is 0 Å². The zero-order valence-corrected chi connectivity index (χ0v) is 14.0. The molecule has 0 N–H and O–H groups in total. The zero-order valence-electron chi connectivity index (χ0n) is 14.0. The van der Waals surface area contributed by atoms with Crippen molar-refractivity contribution >= 4 is 11.0 Å². The fourth-order valence-corrected chi connectivity index (χ4v) is 2.59. The third kappa shape index (κ3) is 4.03. The molecule has 4 nitrogen and oxygen atoms in total. The number of rotatable bonds is 6. The molecule has 3 aromatic rings. The number of nitrogens with zero attached hydrogens (tertiary/aromatic N) is 1. The highest BCUT2D eigenvalue weighted by Gasteiger charge is 2.08. The van der Waals surface area contributed by atoms with E-state index in [1.165, 1.54) is 0 Å². The molecule has 0 radical (unpaired) electrons. The van der Waals surface area contributed by atoms with Crippen molar-refractivity contribution in [2.75, 3.05) is 20.6 Å². The molecule has 0 aliphatic carbocycles. The quantitative estimate of drug-likeness (QED) is 0.651. The van der Waals surface area contributed by atoms with Gasteiger partial charge in [0.15, 0.2) is 0 Å². The summed E-state index contributed by atoms with van der Waals surface area (Å²) in [7, 11) is 4.03. The Labute approximate surface area is 141 Å². The third-order valence-corrected chi connectivity index (χ3v) is 3.88. The number of ether oxygens (including phenoxy) is 1. The molecule has 0 aliphatic rings. The van der Waals surface area contributed by atoms with Gasteiger partial charge in [-0.25, -0.2) is 4.79 Å². The fraction of sp³-hybridized carbons (Fsp3) is 0.250. The minimum Gasteiger partial charge on any atom is -0.489 e. The Morgan fingerprint density at radius 3 is 2.58 bits per heavy atom. The van der Waals surface area contributed by atoms with Crippen molar-refractivity contribution in [1.82, 2.24) is 4.90 Å². The molecule has 2 aromatic carbocycles. The summed E-state index contributed by atoms with van der Waals surface area (Å²) < 4.78 is 11.2. The predicted molar refractivity (Wildman–Crippen MR) is 95.5 cm³/mol. The minimum atomic E-state index is -0.323. The average molecular weight is 323 g/mol. The molecule has 1 heterocycles. The number of hydrogen-bond acceptors (Lipinski definition) is 4. The van der Waals surface area contributed by atoms with E-state index in [0.29, 0.717) is 17.9 Å². The number of fused-ring (bicyclic) bond motifs is 1. The van der Waals surface area contributed by atoms with Crippen LogP contribution in [-0.2, 0) is 13.0 Å². The van der Waals surface area contributed by atoms with Crippen LogP contribution in [0.3, 0.4) is 0 Å². The Bertz CT molecular complexity index is 869. The molecule has 0 atom stereocenters. The van der Waals surface area contributed by atoms with E-state index < -0.39 is 0 Å². The van der Waals surface area contributed by atoms with Crippen LogP contribution in [0.25, 0.3) is 11.0 Å². The zero-order chi connectivity index (χ0) is 16.9. The van der Waals surface area contributed by atoms with E-state index in [1.807, 2.05) is 56.6 Å². The topological polar surface area (TPSA) is 42.7 Å². The number of benzene rings is 2. The molecule has 0 unspecified atom stereocenters. The van der Waals surface area contributed by atoms with Crippen LogP contribution in [0.1, 0.15) is 11.1 Å². The Kier molecular flexibility index (Phi) is 4.96. The van der Waals surface area contributed by atoms with Gasteiger partial charge >= 0.3 is 5.63 Å². The van der Waals surface area contributed by atoms with Gasteiger partial charge in [-0.3, -0.25) is 0 Å². The standard InChI is InChI=1S/C20H21NO3/c1-21(2)11-10-16-12-20(22)24-19-13-17(8-9-18(16)19)23-14-15-6-4-3-5-7-15/h3-9,12-13H,10-11,14H2,1-2H3. The first-order chi connectivity index (χ1) is 11.6.